The number of aromatic nitrogens is 3. The van der Waals surface area contributed by atoms with Gasteiger partial charge in [-0.3, -0.25) is 4.57 Å². The molecular weight excluding hydrogens is 260 g/mol. The van der Waals surface area contributed by atoms with Crippen molar-refractivity contribution in [3.05, 3.63) is 72.4 Å². The van der Waals surface area contributed by atoms with E-state index in [9.17, 15) is 0 Å². The maximum absolute atomic E-state index is 4.49. The number of hydrogen-bond acceptors (Lipinski definition) is 3. The molecule has 0 saturated heterocycles. The van der Waals surface area contributed by atoms with Crippen LogP contribution in [0.3, 0.4) is 0 Å². The van der Waals surface area contributed by atoms with E-state index in [2.05, 4.69) is 46.5 Å². The summed E-state index contributed by atoms with van der Waals surface area (Å²) in [5.41, 5.74) is 2.26. The van der Waals surface area contributed by atoms with E-state index < -0.39 is 0 Å². The maximum atomic E-state index is 4.49. The first kappa shape index (κ1) is 13.4. The monoisotopic (exact) mass is 278 g/mol. The summed E-state index contributed by atoms with van der Waals surface area (Å²) in [4.78, 5) is 8.70. The molecule has 106 valence electrons. The van der Waals surface area contributed by atoms with E-state index in [4.69, 9.17) is 0 Å². The summed E-state index contributed by atoms with van der Waals surface area (Å²) in [6, 6.07) is 14.7. The van der Waals surface area contributed by atoms with Gasteiger partial charge in [0, 0.05) is 18.4 Å². The lowest BCUT2D eigenvalue weighted by Gasteiger charge is -2.15. The van der Waals surface area contributed by atoms with Gasteiger partial charge in [0.15, 0.2) is 0 Å². The number of nitrogens with one attached hydrogen (secondary N) is 1. The lowest BCUT2D eigenvalue weighted by Crippen LogP contribution is -2.07. The number of pyridine rings is 1. The Labute approximate surface area is 124 Å². The summed E-state index contributed by atoms with van der Waals surface area (Å²) in [6.07, 6.45) is 5.55. The average Bonchev–Trinajstić information content (AvgIpc) is 2.95. The molecule has 0 aliphatic heterocycles. The third-order valence-electron chi connectivity index (χ3n) is 3.50. The minimum absolute atomic E-state index is 0.244. The Morgan fingerprint density at radius 1 is 1.05 bits per heavy atom. The number of imidazole rings is 1. The first-order chi connectivity index (χ1) is 10.2. The lowest BCUT2D eigenvalue weighted by molar-refractivity contribution is 0.879. The second kappa shape index (κ2) is 5.79. The minimum Gasteiger partial charge on any atom is -0.377 e. The first-order valence-electron chi connectivity index (χ1n) is 7.02. The molecule has 1 atom stereocenters. The number of hydrogen-bond donors (Lipinski definition) is 1. The molecule has 0 aliphatic rings. The lowest BCUT2D eigenvalue weighted by atomic mass is 10.1. The minimum atomic E-state index is 0.244. The molecule has 4 heteroatoms. The SMILES string of the molecule is Cc1nccn1-c1ccc(NC(C)c2ccccc2)cn1. The highest BCUT2D eigenvalue weighted by Crippen LogP contribution is 2.19. The van der Waals surface area contributed by atoms with Crippen molar-refractivity contribution in [3.63, 3.8) is 0 Å². The maximum Gasteiger partial charge on any atom is 0.138 e. The van der Waals surface area contributed by atoms with Gasteiger partial charge in [0.1, 0.15) is 11.6 Å². The van der Waals surface area contributed by atoms with Gasteiger partial charge in [-0.2, -0.15) is 0 Å². The fourth-order valence-electron chi connectivity index (χ4n) is 2.31. The van der Waals surface area contributed by atoms with Crippen LogP contribution in [0.5, 0.6) is 0 Å². The molecule has 2 heterocycles. The molecule has 0 spiro atoms. The fourth-order valence-corrected chi connectivity index (χ4v) is 2.31. The number of nitrogens with zero attached hydrogens (tertiary/aromatic N) is 3. The van der Waals surface area contributed by atoms with Gasteiger partial charge in [0.2, 0.25) is 0 Å². The Bertz CT molecular complexity index is 701. The molecule has 3 aromatic rings. The summed E-state index contributed by atoms with van der Waals surface area (Å²) in [5.74, 6) is 1.81. The molecule has 21 heavy (non-hydrogen) atoms. The smallest absolute Gasteiger partial charge is 0.138 e. The third-order valence-corrected chi connectivity index (χ3v) is 3.50. The van der Waals surface area contributed by atoms with Crippen LogP contribution in [0.1, 0.15) is 24.4 Å². The first-order valence-corrected chi connectivity index (χ1v) is 7.02. The number of rotatable bonds is 4. The molecular formula is C17H18N4. The van der Waals surface area contributed by atoms with Crippen LogP contribution in [0.15, 0.2) is 61.1 Å². The molecule has 0 aliphatic carbocycles. The topological polar surface area (TPSA) is 42.7 Å². The van der Waals surface area contributed by atoms with Gasteiger partial charge in [-0.1, -0.05) is 30.3 Å². The summed E-state index contributed by atoms with van der Waals surface area (Å²) < 4.78 is 1.96. The zero-order valence-corrected chi connectivity index (χ0v) is 12.2. The van der Waals surface area contributed by atoms with Crippen molar-refractivity contribution in [1.82, 2.24) is 14.5 Å². The van der Waals surface area contributed by atoms with E-state index in [1.54, 1.807) is 6.20 Å². The Hall–Kier alpha value is -2.62. The predicted octanol–water partition coefficient (Wildman–Crippen LogP) is 3.75. The second-order valence-corrected chi connectivity index (χ2v) is 5.03. The van der Waals surface area contributed by atoms with Gasteiger partial charge in [-0.25, -0.2) is 9.97 Å². The summed E-state index contributed by atoms with van der Waals surface area (Å²) in [6.45, 7) is 4.11. The standard InChI is InChI=1S/C17H18N4/c1-13(15-6-4-3-5-7-15)20-16-8-9-17(19-12-16)21-11-10-18-14(21)2/h3-13,20H,1-2H3. The average molecular weight is 278 g/mol. The zero-order valence-electron chi connectivity index (χ0n) is 12.2. The molecule has 3 rings (SSSR count). The van der Waals surface area contributed by atoms with Crippen molar-refractivity contribution in [1.29, 1.82) is 0 Å². The number of aryl methyl sites for hydroxylation is 1. The van der Waals surface area contributed by atoms with Gasteiger partial charge in [-0.05, 0) is 31.5 Å². The molecule has 0 radical (unpaired) electrons. The molecule has 1 unspecified atom stereocenters. The van der Waals surface area contributed by atoms with Crippen LogP contribution < -0.4 is 5.32 Å². The molecule has 2 aromatic heterocycles. The fraction of sp³-hybridized carbons (Fsp3) is 0.176. The molecule has 1 aromatic carbocycles. The van der Waals surface area contributed by atoms with Crippen molar-refractivity contribution >= 4 is 5.69 Å². The summed E-state index contributed by atoms with van der Waals surface area (Å²) >= 11 is 0. The highest BCUT2D eigenvalue weighted by atomic mass is 15.1. The quantitative estimate of drug-likeness (QED) is 0.790. The van der Waals surface area contributed by atoms with Gasteiger partial charge >= 0.3 is 0 Å². The van der Waals surface area contributed by atoms with E-state index in [1.807, 2.05) is 42.1 Å². The second-order valence-electron chi connectivity index (χ2n) is 5.03. The largest absolute Gasteiger partial charge is 0.377 e. The van der Waals surface area contributed by atoms with Crippen LogP contribution in [0.2, 0.25) is 0 Å². The molecule has 0 amide bonds. The van der Waals surface area contributed by atoms with Crippen LogP contribution >= 0.6 is 0 Å². The van der Waals surface area contributed by atoms with Gasteiger partial charge in [0.25, 0.3) is 0 Å². The third kappa shape index (κ3) is 2.94. The highest BCUT2D eigenvalue weighted by molar-refractivity contribution is 5.46. The molecule has 0 fully saturated rings. The van der Waals surface area contributed by atoms with Crippen LogP contribution in [-0.4, -0.2) is 14.5 Å². The number of benzene rings is 1. The van der Waals surface area contributed by atoms with Crippen LogP contribution in [-0.2, 0) is 0 Å². The van der Waals surface area contributed by atoms with E-state index in [0.717, 1.165) is 17.3 Å². The van der Waals surface area contributed by atoms with Crippen molar-refractivity contribution < 1.29 is 0 Å². The Kier molecular flexibility index (Phi) is 3.69. The highest BCUT2D eigenvalue weighted by Gasteiger charge is 2.06. The van der Waals surface area contributed by atoms with Gasteiger partial charge < -0.3 is 5.32 Å². The predicted molar refractivity (Wildman–Crippen MR) is 84.6 cm³/mol. The van der Waals surface area contributed by atoms with E-state index in [-0.39, 0.29) is 6.04 Å². The van der Waals surface area contributed by atoms with Gasteiger partial charge in [0.05, 0.1) is 11.9 Å². The summed E-state index contributed by atoms with van der Waals surface area (Å²) in [7, 11) is 0. The Morgan fingerprint density at radius 3 is 2.48 bits per heavy atom. The number of anilines is 1. The van der Waals surface area contributed by atoms with Crippen LogP contribution in [0, 0.1) is 6.92 Å². The van der Waals surface area contributed by atoms with Crippen LogP contribution in [0.25, 0.3) is 5.82 Å². The van der Waals surface area contributed by atoms with Crippen LogP contribution in [0.4, 0.5) is 5.69 Å². The summed E-state index contributed by atoms with van der Waals surface area (Å²) in [5, 5.41) is 3.46. The molecule has 4 nitrogen and oxygen atoms in total. The molecule has 1 N–H and O–H groups in total. The van der Waals surface area contributed by atoms with E-state index in [0.29, 0.717) is 0 Å². The zero-order chi connectivity index (χ0) is 14.7. The Balaban J connectivity index is 1.75. The molecule has 0 bridgehead atoms. The Morgan fingerprint density at radius 2 is 1.86 bits per heavy atom. The van der Waals surface area contributed by atoms with Crippen molar-refractivity contribution in [3.8, 4) is 5.82 Å². The van der Waals surface area contributed by atoms with E-state index in [1.165, 1.54) is 5.56 Å². The molecule has 0 saturated carbocycles. The van der Waals surface area contributed by atoms with Crippen molar-refractivity contribution in [2.75, 3.05) is 5.32 Å². The van der Waals surface area contributed by atoms with E-state index >= 15 is 0 Å². The van der Waals surface area contributed by atoms with Gasteiger partial charge in [-0.15, -0.1) is 0 Å². The van der Waals surface area contributed by atoms with Crippen molar-refractivity contribution in [2.24, 2.45) is 0 Å². The van der Waals surface area contributed by atoms with Crippen molar-refractivity contribution in [2.45, 2.75) is 19.9 Å². The normalized spacial score (nSPS) is 12.1.